The van der Waals surface area contributed by atoms with Gasteiger partial charge in [-0.15, -0.1) is 0 Å². The standard InChI is InChI=1S/C10H19N/c1-2-3-4-5-8-11-9-6-7-10-11/h5,8H,2-4,6-7,9-10H2,1H3/b8-5+. The zero-order valence-corrected chi connectivity index (χ0v) is 7.55. The zero-order valence-electron chi connectivity index (χ0n) is 7.55. The first-order valence-electron chi connectivity index (χ1n) is 4.84. The first kappa shape index (κ1) is 8.63. The quantitative estimate of drug-likeness (QED) is 0.561. The highest BCUT2D eigenvalue weighted by Crippen LogP contribution is 2.07. The summed E-state index contributed by atoms with van der Waals surface area (Å²) in [5, 5.41) is 0. The third kappa shape index (κ3) is 3.45. The van der Waals surface area contributed by atoms with Crippen LogP contribution in [0.2, 0.25) is 0 Å². The van der Waals surface area contributed by atoms with Crippen molar-refractivity contribution in [1.82, 2.24) is 4.90 Å². The molecule has 0 aromatic rings. The lowest BCUT2D eigenvalue weighted by molar-refractivity contribution is 0.466. The molecule has 1 fully saturated rings. The fourth-order valence-corrected chi connectivity index (χ4v) is 1.44. The molecule has 0 saturated carbocycles. The average molecular weight is 153 g/mol. The van der Waals surface area contributed by atoms with E-state index in [2.05, 4.69) is 24.1 Å². The Morgan fingerprint density at radius 2 is 2.00 bits per heavy atom. The average Bonchev–Trinajstić information content (AvgIpc) is 2.50. The van der Waals surface area contributed by atoms with Crippen LogP contribution >= 0.6 is 0 Å². The maximum atomic E-state index is 2.43. The van der Waals surface area contributed by atoms with Crippen molar-refractivity contribution in [3.8, 4) is 0 Å². The van der Waals surface area contributed by atoms with Gasteiger partial charge in [-0.3, -0.25) is 0 Å². The maximum Gasteiger partial charge on any atom is 0.0173 e. The number of rotatable bonds is 4. The van der Waals surface area contributed by atoms with E-state index in [1.807, 2.05) is 0 Å². The van der Waals surface area contributed by atoms with E-state index in [1.165, 1.54) is 45.2 Å². The lowest BCUT2D eigenvalue weighted by Gasteiger charge is -2.09. The van der Waals surface area contributed by atoms with Gasteiger partial charge in [-0.25, -0.2) is 0 Å². The first-order valence-corrected chi connectivity index (χ1v) is 4.84. The fourth-order valence-electron chi connectivity index (χ4n) is 1.44. The summed E-state index contributed by atoms with van der Waals surface area (Å²) in [5.41, 5.74) is 0. The van der Waals surface area contributed by atoms with E-state index >= 15 is 0 Å². The van der Waals surface area contributed by atoms with E-state index in [4.69, 9.17) is 0 Å². The molecule has 1 nitrogen and oxygen atoms in total. The van der Waals surface area contributed by atoms with Crippen LogP contribution in [-0.4, -0.2) is 18.0 Å². The summed E-state index contributed by atoms with van der Waals surface area (Å²) >= 11 is 0. The Morgan fingerprint density at radius 1 is 1.27 bits per heavy atom. The predicted octanol–water partition coefficient (Wildman–Crippen LogP) is 2.79. The van der Waals surface area contributed by atoms with Crippen LogP contribution in [0.1, 0.15) is 39.0 Å². The Bertz CT molecular complexity index is 112. The Hall–Kier alpha value is -0.460. The molecule has 0 amide bonds. The molecule has 0 N–H and O–H groups in total. The van der Waals surface area contributed by atoms with Crippen LogP contribution in [-0.2, 0) is 0 Å². The second kappa shape index (κ2) is 5.22. The number of unbranched alkanes of at least 4 members (excludes halogenated alkanes) is 2. The Morgan fingerprint density at radius 3 is 2.64 bits per heavy atom. The SMILES string of the molecule is CCCC/C=C/N1CCCC1. The lowest BCUT2D eigenvalue weighted by Crippen LogP contribution is -2.09. The van der Waals surface area contributed by atoms with E-state index < -0.39 is 0 Å². The Labute approximate surface area is 70.1 Å². The van der Waals surface area contributed by atoms with Crippen LogP contribution < -0.4 is 0 Å². The van der Waals surface area contributed by atoms with E-state index in [0.29, 0.717) is 0 Å². The molecule has 0 aromatic carbocycles. The van der Waals surface area contributed by atoms with Crippen LogP contribution in [0, 0.1) is 0 Å². The highest BCUT2D eigenvalue weighted by atomic mass is 15.1. The topological polar surface area (TPSA) is 3.24 Å². The van der Waals surface area contributed by atoms with Crippen LogP contribution in [0.15, 0.2) is 12.3 Å². The molecule has 1 aliphatic heterocycles. The zero-order chi connectivity index (χ0) is 7.94. The van der Waals surface area contributed by atoms with Crippen molar-refractivity contribution < 1.29 is 0 Å². The van der Waals surface area contributed by atoms with Gasteiger partial charge in [0.2, 0.25) is 0 Å². The summed E-state index contributed by atoms with van der Waals surface area (Å²) in [6, 6.07) is 0. The molecule has 1 heteroatoms. The number of likely N-dealkylation sites (tertiary alicyclic amines) is 1. The molecule has 0 aliphatic carbocycles. The second-order valence-corrected chi connectivity index (χ2v) is 3.27. The van der Waals surface area contributed by atoms with Gasteiger partial charge in [0, 0.05) is 13.1 Å². The number of nitrogens with zero attached hydrogens (tertiary/aromatic N) is 1. The van der Waals surface area contributed by atoms with Crippen LogP contribution in [0.4, 0.5) is 0 Å². The molecule has 64 valence electrons. The molecule has 0 radical (unpaired) electrons. The molecule has 1 heterocycles. The largest absolute Gasteiger partial charge is 0.378 e. The summed E-state index contributed by atoms with van der Waals surface area (Å²) in [7, 11) is 0. The highest BCUT2D eigenvalue weighted by molar-refractivity contribution is 4.84. The van der Waals surface area contributed by atoms with E-state index in [-0.39, 0.29) is 0 Å². The number of hydrogen-bond donors (Lipinski definition) is 0. The van der Waals surface area contributed by atoms with Crippen molar-refractivity contribution in [2.24, 2.45) is 0 Å². The molecular formula is C10H19N. The van der Waals surface area contributed by atoms with E-state index in [1.54, 1.807) is 0 Å². The van der Waals surface area contributed by atoms with Gasteiger partial charge >= 0.3 is 0 Å². The molecule has 0 bridgehead atoms. The summed E-state index contributed by atoms with van der Waals surface area (Å²) in [4.78, 5) is 2.43. The van der Waals surface area contributed by atoms with Crippen molar-refractivity contribution in [2.75, 3.05) is 13.1 Å². The second-order valence-electron chi connectivity index (χ2n) is 3.27. The highest BCUT2D eigenvalue weighted by Gasteiger charge is 2.05. The van der Waals surface area contributed by atoms with Gasteiger partial charge in [-0.05, 0) is 25.5 Å². The van der Waals surface area contributed by atoms with Crippen molar-refractivity contribution in [2.45, 2.75) is 39.0 Å². The third-order valence-corrected chi connectivity index (χ3v) is 2.18. The first-order chi connectivity index (χ1) is 5.43. The van der Waals surface area contributed by atoms with Gasteiger partial charge in [0.1, 0.15) is 0 Å². The summed E-state index contributed by atoms with van der Waals surface area (Å²) in [6.45, 7) is 4.80. The van der Waals surface area contributed by atoms with Gasteiger partial charge < -0.3 is 4.90 Å². The normalized spacial score (nSPS) is 18.5. The van der Waals surface area contributed by atoms with Gasteiger partial charge in [0.05, 0.1) is 0 Å². The maximum absolute atomic E-state index is 2.43. The van der Waals surface area contributed by atoms with Gasteiger partial charge in [-0.2, -0.15) is 0 Å². The van der Waals surface area contributed by atoms with Crippen LogP contribution in [0.3, 0.4) is 0 Å². The molecule has 0 spiro atoms. The van der Waals surface area contributed by atoms with E-state index in [0.717, 1.165) is 0 Å². The molecule has 1 rings (SSSR count). The van der Waals surface area contributed by atoms with E-state index in [9.17, 15) is 0 Å². The fraction of sp³-hybridized carbons (Fsp3) is 0.800. The van der Waals surface area contributed by atoms with Crippen molar-refractivity contribution in [3.63, 3.8) is 0 Å². The van der Waals surface area contributed by atoms with Crippen molar-refractivity contribution in [1.29, 1.82) is 0 Å². The van der Waals surface area contributed by atoms with Crippen molar-refractivity contribution in [3.05, 3.63) is 12.3 Å². The third-order valence-electron chi connectivity index (χ3n) is 2.18. The molecular weight excluding hydrogens is 134 g/mol. The molecule has 0 unspecified atom stereocenters. The Kier molecular flexibility index (Phi) is 4.10. The minimum atomic E-state index is 1.26. The monoisotopic (exact) mass is 153 g/mol. The summed E-state index contributed by atoms with van der Waals surface area (Å²) in [5.74, 6) is 0. The number of hydrogen-bond acceptors (Lipinski definition) is 1. The Balaban J connectivity index is 2.03. The molecule has 11 heavy (non-hydrogen) atoms. The number of allylic oxidation sites excluding steroid dienone is 1. The van der Waals surface area contributed by atoms with Crippen molar-refractivity contribution >= 4 is 0 Å². The summed E-state index contributed by atoms with van der Waals surface area (Å²) < 4.78 is 0. The molecule has 0 aromatic heterocycles. The van der Waals surface area contributed by atoms with Crippen LogP contribution in [0.5, 0.6) is 0 Å². The molecule has 1 saturated heterocycles. The molecule has 0 atom stereocenters. The van der Waals surface area contributed by atoms with Gasteiger partial charge in [0.25, 0.3) is 0 Å². The lowest BCUT2D eigenvalue weighted by atomic mass is 10.2. The summed E-state index contributed by atoms with van der Waals surface area (Å²) in [6.07, 6.45) is 11.3. The minimum Gasteiger partial charge on any atom is -0.378 e. The molecule has 1 aliphatic rings. The van der Waals surface area contributed by atoms with Gasteiger partial charge in [-0.1, -0.05) is 25.8 Å². The smallest absolute Gasteiger partial charge is 0.0173 e. The van der Waals surface area contributed by atoms with Crippen LogP contribution in [0.25, 0.3) is 0 Å². The predicted molar refractivity (Wildman–Crippen MR) is 49.5 cm³/mol. The van der Waals surface area contributed by atoms with Gasteiger partial charge in [0.15, 0.2) is 0 Å². The minimum absolute atomic E-state index is 1.26.